The first-order chi connectivity index (χ1) is 4.93. The number of rotatable bonds is 2. The average molecular weight is 139 g/mol. The van der Waals surface area contributed by atoms with E-state index in [4.69, 9.17) is 0 Å². The highest BCUT2D eigenvalue weighted by atomic mass is 14.8. The summed E-state index contributed by atoms with van der Waals surface area (Å²) in [6, 6.07) is 0. The van der Waals surface area contributed by atoms with Crippen LogP contribution in [-0.2, 0) is 0 Å². The molecule has 58 valence electrons. The topological polar surface area (TPSA) is 12.0 Å². The van der Waals surface area contributed by atoms with Crippen LogP contribution >= 0.6 is 0 Å². The molecule has 0 radical (unpaired) electrons. The minimum atomic E-state index is 1.05. The van der Waals surface area contributed by atoms with E-state index in [2.05, 4.69) is 11.4 Å². The molecule has 1 saturated carbocycles. The van der Waals surface area contributed by atoms with Gasteiger partial charge >= 0.3 is 0 Å². The van der Waals surface area contributed by atoms with Gasteiger partial charge in [-0.15, -0.1) is 0 Å². The lowest BCUT2D eigenvalue weighted by molar-refractivity contribution is 0.596. The summed E-state index contributed by atoms with van der Waals surface area (Å²) in [6.45, 7) is 1.05. The molecule has 0 bridgehead atoms. The Morgan fingerprint density at radius 1 is 1.30 bits per heavy atom. The second kappa shape index (κ2) is 4.51. The zero-order chi connectivity index (χ0) is 7.23. The second-order valence-electron chi connectivity index (χ2n) is 2.98. The van der Waals surface area contributed by atoms with Crippen molar-refractivity contribution in [3.8, 4) is 0 Å². The normalized spacial score (nSPS) is 19.1. The lowest BCUT2D eigenvalue weighted by atomic mass is 9.95. The van der Waals surface area contributed by atoms with E-state index in [0.717, 1.165) is 6.54 Å². The fraction of sp³-hybridized carbons (Fsp3) is 0.778. The fourth-order valence-corrected chi connectivity index (χ4v) is 1.46. The highest BCUT2D eigenvalue weighted by Gasteiger charge is 2.03. The zero-order valence-corrected chi connectivity index (χ0v) is 6.82. The van der Waals surface area contributed by atoms with E-state index in [0.29, 0.717) is 0 Å². The molecule has 0 saturated heterocycles. The Labute approximate surface area is 63.5 Å². The fourth-order valence-electron chi connectivity index (χ4n) is 1.46. The minimum absolute atomic E-state index is 1.05. The van der Waals surface area contributed by atoms with Crippen LogP contribution in [0.2, 0.25) is 0 Å². The molecule has 1 aliphatic rings. The van der Waals surface area contributed by atoms with Gasteiger partial charge in [-0.1, -0.05) is 18.1 Å². The van der Waals surface area contributed by atoms with Crippen LogP contribution in [-0.4, -0.2) is 13.6 Å². The molecule has 0 aliphatic heterocycles. The quantitative estimate of drug-likeness (QED) is 0.578. The third-order valence-electron chi connectivity index (χ3n) is 2.09. The number of likely N-dealkylation sites (N-methyl/N-ethyl adjacent to an activating group) is 1. The smallest absolute Gasteiger partial charge is 0.0134 e. The molecule has 0 aromatic rings. The van der Waals surface area contributed by atoms with E-state index < -0.39 is 0 Å². The monoisotopic (exact) mass is 139 g/mol. The van der Waals surface area contributed by atoms with Gasteiger partial charge in [0.25, 0.3) is 0 Å². The molecule has 10 heavy (non-hydrogen) atoms. The van der Waals surface area contributed by atoms with Gasteiger partial charge in [-0.25, -0.2) is 0 Å². The number of allylic oxidation sites excluding steroid dienone is 1. The maximum atomic E-state index is 3.14. The standard InChI is InChI=1S/C9H17N/c1-10-8-7-9-5-3-2-4-6-9/h7,10H,2-6,8H2,1H3. The molecule has 0 aromatic heterocycles. The van der Waals surface area contributed by atoms with Crippen LogP contribution in [0.3, 0.4) is 0 Å². The van der Waals surface area contributed by atoms with Gasteiger partial charge in [0.2, 0.25) is 0 Å². The van der Waals surface area contributed by atoms with Crippen molar-refractivity contribution in [1.29, 1.82) is 0 Å². The maximum Gasteiger partial charge on any atom is 0.0134 e. The van der Waals surface area contributed by atoms with Crippen LogP contribution in [0, 0.1) is 0 Å². The molecule has 1 aliphatic carbocycles. The Bertz CT molecular complexity index is 108. The molecule has 1 nitrogen and oxygen atoms in total. The molecule has 0 amide bonds. The van der Waals surface area contributed by atoms with Crippen LogP contribution in [0.15, 0.2) is 11.6 Å². The van der Waals surface area contributed by atoms with Gasteiger partial charge in [-0.05, 0) is 32.7 Å². The molecule has 1 fully saturated rings. The maximum absolute atomic E-state index is 3.14. The predicted molar refractivity (Wildman–Crippen MR) is 45.1 cm³/mol. The van der Waals surface area contributed by atoms with Crippen LogP contribution < -0.4 is 5.32 Å². The molecular weight excluding hydrogens is 122 g/mol. The first-order valence-electron chi connectivity index (χ1n) is 4.26. The van der Waals surface area contributed by atoms with Gasteiger partial charge in [-0.2, -0.15) is 0 Å². The third kappa shape index (κ3) is 2.53. The Morgan fingerprint density at radius 2 is 2.00 bits per heavy atom. The molecule has 0 unspecified atom stereocenters. The third-order valence-corrected chi connectivity index (χ3v) is 2.09. The molecular formula is C9H17N. The highest BCUT2D eigenvalue weighted by molar-refractivity contribution is 5.04. The SMILES string of the molecule is CNCC=C1CCCCC1. The summed E-state index contributed by atoms with van der Waals surface area (Å²) >= 11 is 0. The molecule has 1 N–H and O–H groups in total. The summed E-state index contributed by atoms with van der Waals surface area (Å²) in [7, 11) is 2.00. The Balaban J connectivity index is 2.23. The largest absolute Gasteiger partial charge is 0.316 e. The molecule has 0 heterocycles. The van der Waals surface area contributed by atoms with Crippen molar-refractivity contribution in [2.24, 2.45) is 0 Å². The van der Waals surface area contributed by atoms with Gasteiger partial charge in [0, 0.05) is 6.54 Å². The summed E-state index contributed by atoms with van der Waals surface area (Å²) in [5.41, 5.74) is 1.67. The first-order valence-corrected chi connectivity index (χ1v) is 4.26. The second-order valence-corrected chi connectivity index (χ2v) is 2.98. The van der Waals surface area contributed by atoms with E-state index in [1.54, 1.807) is 5.57 Å². The Kier molecular flexibility index (Phi) is 3.52. The van der Waals surface area contributed by atoms with Crippen molar-refractivity contribution >= 4 is 0 Å². The summed E-state index contributed by atoms with van der Waals surface area (Å²) in [6.07, 6.45) is 9.31. The minimum Gasteiger partial charge on any atom is -0.316 e. The van der Waals surface area contributed by atoms with Crippen molar-refractivity contribution in [2.75, 3.05) is 13.6 Å². The van der Waals surface area contributed by atoms with Gasteiger partial charge in [-0.3, -0.25) is 0 Å². The van der Waals surface area contributed by atoms with Crippen molar-refractivity contribution < 1.29 is 0 Å². The molecule has 0 aromatic carbocycles. The number of hydrogen-bond donors (Lipinski definition) is 1. The first kappa shape index (κ1) is 7.80. The highest BCUT2D eigenvalue weighted by Crippen LogP contribution is 2.21. The molecule has 1 heteroatoms. The van der Waals surface area contributed by atoms with E-state index in [9.17, 15) is 0 Å². The van der Waals surface area contributed by atoms with Crippen molar-refractivity contribution in [2.45, 2.75) is 32.1 Å². The molecule has 0 atom stereocenters. The van der Waals surface area contributed by atoms with E-state index in [1.807, 2.05) is 7.05 Å². The summed E-state index contributed by atoms with van der Waals surface area (Å²) in [4.78, 5) is 0. The van der Waals surface area contributed by atoms with Gasteiger partial charge in [0.1, 0.15) is 0 Å². The van der Waals surface area contributed by atoms with Gasteiger partial charge in [0.15, 0.2) is 0 Å². The van der Waals surface area contributed by atoms with Crippen LogP contribution in [0.5, 0.6) is 0 Å². The van der Waals surface area contributed by atoms with Crippen LogP contribution in [0.1, 0.15) is 32.1 Å². The summed E-state index contributed by atoms with van der Waals surface area (Å²) < 4.78 is 0. The van der Waals surface area contributed by atoms with Crippen molar-refractivity contribution in [3.63, 3.8) is 0 Å². The van der Waals surface area contributed by atoms with E-state index in [-0.39, 0.29) is 0 Å². The Morgan fingerprint density at radius 3 is 2.60 bits per heavy atom. The molecule has 0 spiro atoms. The van der Waals surface area contributed by atoms with Crippen LogP contribution in [0.4, 0.5) is 0 Å². The van der Waals surface area contributed by atoms with Crippen molar-refractivity contribution in [3.05, 3.63) is 11.6 Å². The lowest BCUT2D eigenvalue weighted by Crippen LogP contribution is -2.06. The van der Waals surface area contributed by atoms with Crippen molar-refractivity contribution in [1.82, 2.24) is 5.32 Å². The van der Waals surface area contributed by atoms with Gasteiger partial charge < -0.3 is 5.32 Å². The summed E-state index contributed by atoms with van der Waals surface area (Å²) in [5.74, 6) is 0. The van der Waals surface area contributed by atoms with E-state index >= 15 is 0 Å². The summed E-state index contributed by atoms with van der Waals surface area (Å²) in [5, 5.41) is 3.14. The van der Waals surface area contributed by atoms with Gasteiger partial charge in [0.05, 0.1) is 0 Å². The molecule has 1 rings (SSSR count). The van der Waals surface area contributed by atoms with Crippen LogP contribution in [0.25, 0.3) is 0 Å². The Hall–Kier alpha value is -0.300. The predicted octanol–water partition coefficient (Wildman–Crippen LogP) is 2.10. The number of nitrogens with one attached hydrogen (secondary N) is 1. The lowest BCUT2D eigenvalue weighted by Gasteiger charge is -2.12. The zero-order valence-electron chi connectivity index (χ0n) is 6.82. The number of hydrogen-bond acceptors (Lipinski definition) is 1. The average Bonchev–Trinajstić information content (AvgIpc) is 2.03. The van der Waals surface area contributed by atoms with E-state index in [1.165, 1.54) is 32.1 Å².